The molecule has 1 saturated heterocycles. The molecular formula is C17H20ClN3O3. The molecule has 1 aromatic carbocycles. The van der Waals surface area contributed by atoms with E-state index >= 15 is 0 Å². The molecule has 128 valence electrons. The van der Waals surface area contributed by atoms with Crippen LogP contribution in [0.15, 0.2) is 22.7 Å². The van der Waals surface area contributed by atoms with Crippen LogP contribution in [0.25, 0.3) is 11.5 Å². The molecule has 6 nitrogen and oxygen atoms in total. The summed E-state index contributed by atoms with van der Waals surface area (Å²) in [6, 6.07) is 5.14. The van der Waals surface area contributed by atoms with Crippen LogP contribution >= 0.6 is 11.6 Å². The van der Waals surface area contributed by atoms with Gasteiger partial charge in [0, 0.05) is 17.5 Å². The molecule has 24 heavy (non-hydrogen) atoms. The lowest BCUT2D eigenvalue weighted by Gasteiger charge is -2.15. The summed E-state index contributed by atoms with van der Waals surface area (Å²) in [6.07, 6.45) is 0.440. The van der Waals surface area contributed by atoms with E-state index in [0.717, 1.165) is 6.42 Å². The Morgan fingerprint density at radius 2 is 2.21 bits per heavy atom. The number of amides is 1. The highest BCUT2D eigenvalue weighted by Crippen LogP contribution is 2.31. The molecule has 1 aliphatic heterocycles. The standard InChI is InChI=1S/C17H20ClN3O3/c1-9(2)15-20-17(24-21-15)12-8-11(18)4-5-13(12)19-16(22)14-10(3)6-7-23-14/h4-5,8-10,14H,6-7H2,1-3H3,(H,19,22). The topological polar surface area (TPSA) is 77.2 Å². The molecular weight excluding hydrogens is 330 g/mol. The summed E-state index contributed by atoms with van der Waals surface area (Å²) >= 11 is 6.10. The molecule has 1 N–H and O–H groups in total. The van der Waals surface area contributed by atoms with Crippen LogP contribution in [0.4, 0.5) is 5.69 Å². The van der Waals surface area contributed by atoms with E-state index in [2.05, 4.69) is 15.5 Å². The molecule has 0 radical (unpaired) electrons. The van der Waals surface area contributed by atoms with E-state index in [9.17, 15) is 4.79 Å². The molecule has 2 atom stereocenters. The van der Waals surface area contributed by atoms with E-state index in [0.29, 0.717) is 34.6 Å². The number of nitrogens with one attached hydrogen (secondary N) is 1. The van der Waals surface area contributed by atoms with Crippen LogP contribution in [-0.2, 0) is 9.53 Å². The van der Waals surface area contributed by atoms with Gasteiger partial charge in [0.1, 0.15) is 6.10 Å². The van der Waals surface area contributed by atoms with Gasteiger partial charge in [0.05, 0.1) is 11.3 Å². The van der Waals surface area contributed by atoms with Gasteiger partial charge in [-0.25, -0.2) is 0 Å². The third-order valence-corrected chi connectivity index (χ3v) is 4.31. The zero-order valence-electron chi connectivity index (χ0n) is 13.9. The summed E-state index contributed by atoms with van der Waals surface area (Å²) in [5, 5.41) is 7.39. The summed E-state index contributed by atoms with van der Waals surface area (Å²) in [5.74, 6) is 1.10. The van der Waals surface area contributed by atoms with Gasteiger partial charge in [-0.15, -0.1) is 0 Å². The van der Waals surface area contributed by atoms with Gasteiger partial charge in [0.25, 0.3) is 11.8 Å². The maximum absolute atomic E-state index is 12.5. The largest absolute Gasteiger partial charge is 0.368 e. The first-order valence-electron chi connectivity index (χ1n) is 8.01. The van der Waals surface area contributed by atoms with Crippen molar-refractivity contribution in [2.75, 3.05) is 11.9 Å². The number of halogens is 1. The van der Waals surface area contributed by atoms with Crippen LogP contribution in [-0.4, -0.2) is 28.8 Å². The van der Waals surface area contributed by atoms with E-state index < -0.39 is 6.10 Å². The normalized spacial score (nSPS) is 20.5. The number of hydrogen-bond donors (Lipinski definition) is 1. The van der Waals surface area contributed by atoms with E-state index in [1.807, 2.05) is 20.8 Å². The smallest absolute Gasteiger partial charge is 0.260 e. The van der Waals surface area contributed by atoms with Crippen molar-refractivity contribution in [2.45, 2.75) is 39.2 Å². The van der Waals surface area contributed by atoms with Gasteiger partial charge >= 0.3 is 0 Å². The Labute approximate surface area is 145 Å². The van der Waals surface area contributed by atoms with Crippen LogP contribution in [0, 0.1) is 5.92 Å². The SMILES string of the molecule is CC(C)c1noc(-c2cc(Cl)ccc2NC(=O)C2OCCC2C)n1. The molecule has 2 unspecified atom stereocenters. The Kier molecular flexibility index (Phi) is 4.87. The summed E-state index contributed by atoms with van der Waals surface area (Å²) < 4.78 is 10.8. The number of ether oxygens (including phenoxy) is 1. The fourth-order valence-electron chi connectivity index (χ4n) is 2.62. The maximum atomic E-state index is 12.5. The molecule has 1 aliphatic rings. The van der Waals surface area contributed by atoms with Crippen molar-refractivity contribution in [1.29, 1.82) is 0 Å². The average molecular weight is 350 g/mol. The minimum absolute atomic E-state index is 0.146. The molecule has 2 aromatic rings. The molecule has 7 heteroatoms. The number of nitrogens with zero attached hydrogens (tertiary/aromatic N) is 2. The number of aromatic nitrogens is 2. The van der Waals surface area contributed by atoms with Crippen molar-refractivity contribution >= 4 is 23.2 Å². The second-order valence-electron chi connectivity index (χ2n) is 6.35. The van der Waals surface area contributed by atoms with Gasteiger partial charge < -0.3 is 14.6 Å². The lowest BCUT2D eigenvalue weighted by Crippen LogP contribution is -2.31. The van der Waals surface area contributed by atoms with Gasteiger partial charge in [0.15, 0.2) is 5.82 Å². The van der Waals surface area contributed by atoms with Crippen molar-refractivity contribution < 1.29 is 14.1 Å². The highest BCUT2D eigenvalue weighted by molar-refractivity contribution is 6.31. The molecule has 1 aromatic heterocycles. The van der Waals surface area contributed by atoms with Crippen molar-refractivity contribution in [3.05, 3.63) is 29.0 Å². The van der Waals surface area contributed by atoms with Crippen molar-refractivity contribution in [3.8, 4) is 11.5 Å². The summed E-state index contributed by atoms with van der Waals surface area (Å²) in [6.45, 7) is 6.57. The Morgan fingerprint density at radius 1 is 1.42 bits per heavy atom. The van der Waals surface area contributed by atoms with E-state index in [4.69, 9.17) is 20.9 Å². The van der Waals surface area contributed by atoms with Crippen LogP contribution in [0.1, 0.15) is 38.9 Å². The van der Waals surface area contributed by atoms with Crippen LogP contribution < -0.4 is 5.32 Å². The molecule has 3 rings (SSSR count). The first-order chi connectivity index (χ1) is 11.5. The first kappa shape index (κ1) is 16.9. The van der Waals surface area contributed by atoms with Crippen molar-refractivity contribution in [2.24, 2.45) is 5.92 Å². The van der Waals surface area contributed by atoms with Gasteiger partial charge in [-0.05, 0) is 30.5 Å². The zero-order chi connectivity index (χ0) is 17.3. The van der Waals surface area contributed by atoms with Gasteiger partial charge in [-0.1, -0.05) is 37.5 Å². The Morgan fingerprint density at radius 3 is 2.83 bits per heavy atom. The monoisotopic (exact) mass is 349 g/mol. The minimum atomic E-state index is -0.442. The number of rotatable bonds is 4. The minimum Gasteiger partial charge on any atom is -0.368 e. The Balaban J connectivity index is 1.89. The second-order valence-corrected chi connectivity index (χ2v) is 6.79. The van der Waals surface area contributed by atoms with Gasteiger partial charge in [-0.3, -0.25) is 4.79 Å². The van der Waals surface area contributed by atoms with Crippen molar-refractivity contribution in [3.63, 3.8) is 0 Å². The maximum Gasteiger partial charge on any atom is 0.260 e. The number of benzene rings is 1. The highest BCUT2D eigenvalue weighted by Gasteiger charge is 2.31. The second kappa shape index (κ2) is 6.91. The van der Waals surface area contributed by atoms with E-state index in [-0.39, 0.29) is 17.7 Å². The quantitative estimate of drug-likeness (QED) is 0.906. The lowest BCUT2D eigenvalue weighted by atomic mass is 10.0. The Bertz CT molecular complexity index is 744. The molecule has 0 saturated carbocycles. The lowest BCUT2D eigenvalue weighted by molar-refractivity contribution is -0.126. The number of anilines is 1. The predicted molar refractivity (Wildman–Crippen MR) is 91.0 cm³/mol. The molecule has 1 amide bonds. The summed E-state index contributed by atoms with van der Waals surface area (Å²) in [5.41, 5.74) is 1.17. The van der Waals surface area contributed by atoms with E-state index in [1.54, 1.807) is 18.2 Å². The number of carbonyl (C=O) groups excluding carboxylic acids is 1. The summed E-state index contributed by atoms with van der Waals surface area (Å²) in [7, 11) is 0. The molecule has 0 bridgehead atoms. The van der Waals surface area contributed by atoms with Crippen molar-refractivity contribution in [1.82, 2.24) is 10.1 Å². The molecule has 0 aliphatic carbocycles. The fourth-order valence-corrected chi connectivity index (χ4v) is 2.79. The van der Waals surface area contributed by atoms with Crippen LogP contribution in [0.2, 0.25) is 5.02 Å². The average Bonchev–Trinajstić information content (AvgIpc) is 3.18. The number of hydrogen-bond acceptors (Lipinski definition) is 5. The van der Waals surface area contributed by atoms with Gasteiger partial charge in [-0.2, -0.15) is 4.98 Å². The van der Waals surface area contributed by atoms with Gasteiger partial charge in [0.2, 0.25) is 0 Å². The predicted octanol–water partition coefficient (Wildman–Crippen LogP) is 3.88. The highest BCUT2D eigenvalue weighted by atomic mass is 35.5. The van der Waals surface area contributed by atoms with Crippen LogP contribution in [0.3, 0.4) is 0 Å². The zero-order valence-corrected chi connectivity index (χ0v) is 14.6. The third-order valence-electron chi connectivity index (χ3n) is 4.07. The molecule has 2 heterocycles. The third kappa shape index (κ3) is 3.44. The molecule has 0 spiro atoms. The van der Waals surface area contributed by atoms with E-state index in [1.165, 1.54) is 0 Å². The molecule has 1 fully saturated rings. The summed E-state index contributed by atoms with van der Waals surface area (Å²) in [4.78, 5) is 16.9. The fraction of sp³-hybridized carbons (Fsp3) is 0.471. The Hall–Kier alpha value is -1.92. The first-order valence-corrected chi connectivity index (χ1v) is 8.39. The van der Waals surface area contributed by atoms with Crippen LogP contribution in [0.5, 0.6) is 0 Å². The number of carbonyl (C=O) groups is 1.